The molecule has 0 aliphatic heterocycles. The molecule has 1 amide bonds. The zero-order valence-electron chi connectivity index (χ0n) is 15.0. The van der Waals surface area contributed by atoms with Crippen LogP contribution < -0.4 is 5.32 Å². The van der Waals surface area contributed by atoms with Crippen molar-refractivity contribution in [3.63, 3.8) is 0 Å². The summed E-state index contributed by atoms with van der Waals surface area (Å²) >= 11 is 0. The van der Waals surface area contributed by atoms with Gasteiger partial charge in [0.05, 0.1) is 23.5 Å². The van der Waals surface area contributed by atoms with E-state index in [-0.39, 0.29) is 11.9 Å². The number of fused-ring (bicyclic) bond motifs is 1. The highest BCUT2D eigenvalue weighted by atomic mass is 16.1. The standard InChI is InChI=1S/C21H25N3O/c1-14(2)12-16-8-10-17(11-9-16)13-20(25)22-15(3)21-23-18-6-4-5-7-19(18)24-21/h4-11,14-15H,12-13H2,1-3H3,(H,22,25)(H,23,24)/t15-/m0/s1. The van der Waals surface area contributed by atoms with Crippen LogP contribution >= 0.6 is 0 Å². The lowest BCUT2D eigenvalue weighted by atomic mass is 10.0. The van der Waals surface area contributed by atoms with Gasteiger partial charge in [0.2, 0.25) is 5.91 Å². The van der Waals surface area contributed by atoms with Gasteiger partial charge in [-0.15, -0.1) is 0 Å². The van der Waals surface area contributed by atoms with Crippen molar-refractivity contribution in [1.29, 1.82) is 0 Å². The minimum absolute atomic E-state index is 0.00423. The van der Waals surface area contributed by atoms with Crippen LogP contribution in [0.2, 0.25) is 0 Å². The van der Waals surface area contributed by atoms with Gasteiger partial charge in [-0.3, -0.25) is 4.79 Å². The molecule has 0 bridgehead atoms. The molecule has 25 heavy (non-hydrogen) atoms. The van der Waals surface area contributed by atoms with Crippen LogP contribution in [0.25, 0.3) is 11.0 Å². The fourth-order valence-electron chi connectivity index (χ4n) is 2.99. The highest BCUT2D eigenvalue weighted by Gasteiger charge is 2.14. The molecule has 0 fully saturated rings. The van der Waals surface area contributed by atoms with E-state index >= 15 is 0 Å². The first-order valence-corrected chi connectivity index (χ1v) is 8.83. The molecule has 0 radical (unpaired) electrons. The van der Waals surface area contributed by atoms with E-state index < -0.39 is 0 Å². The fourth-order valence-corrected chi connectivity index (χ4v) is 2.99. The molecule has 1 aromatic heterocycles. The van der Waals surface area contributed by atoms with Crippen LogP contribution in [-0.4, -0.2) is 15.9 Å². The maximum Gasteiger partial charge on any atom is 0.224 e. The second kappa shape index (κ2) is 7.51. The highest BCUT2D eigenvalue weighted by Crippen LogP contribution is 2.16. The number of hydrogen-bond acceptors (Lipinski definition) is 2. The SMILES string of the molecule is CC(C)Cc1ccc(CC(=O)N[C@@H](C)c2nc3ccccc3[nH]2)cc1. The first kappa shape index (κ1) is 17.2. The Bertz CT molecular complexity index is 816. The number of aromatic nitrogens is 2. The number of imidazole rings is 1. The molecule has 0 saturated heterocycles. The summed E-state index contributed by atoms with van der Waals surface area (Å²) in [6.45, 7) is 6.36. The minimum atomic E-state index is -0.153. The minimum Gasteiger partial charge on any atom is -0.346 e. The fraction of sp³-hybridized carbons (Fsp3) is 0.333. The highest BCUT2D eigenvalue weighted by molar-refractivity contribution is 5.79. The second-order valence-corrected chi connectivity index (χ2v) is 7.02. The summed E-state index contributed by atoms with van der Waals surface area (Å²) in [6, 6.07) is 16.0. The van der Waals surface area contributed by atoms with E-state index in [0.29, 0.717) is 12.3 Å². The molecule has 2 aromatic carbocycles. The summed E-state index contributed by atoms with van der Waals surface area (Å²) in [7, 11) is 0. The number of benzene rings is 2. The largest absolute Gasteiger partial charge is 0.346 e. The van der Waals surface area contributed by atoms with E-state index in [0.717, 1.165) is 28.8 Å². The molecule has 0 unspecified atom stereocenters. The Morgan fingerprint density at radius 3 is 2.40 bits per heavy atom. The summed E-state index contributed by atoms with van der Waals surface area (Å²) in [5.74, 6) is 1.42. The van der Waals surface area contributed by atoms with Crippen molar-refractivity contribution in [1.82, 2.24) is 15.3 Å². The monoisotopic (exact) mass is 335 g/mol. The topological polar surface area (TPSA) is 57.8 Å². The van der Waals surface area contributed by atoms with Crippen molar-refractivity contribution in [2.45, 2.75) is 39.7 Å². The third-order valence-electron chi connectivity index (χ3n) is 4.23. The van der Waals surface area contributed by atoms with Gasteiger partial charge in [-0.2, -0.15) is 0 Å². The molecule has 0 aliphatic rings. The van der Waals surface area contributed by atoms with Gasteiger partial charge in [-0.1, -0.05) is 50.2 Å². The number of H-pyrrole nitrogens is 1. The van der Waals surface area contributed by atoms with Crippen molar-refractivity contribution in [2.75, 3.05) is 0 Å². The molecular weight excluding hydrogens is 310 g/mol. The van der Waals surface area contributed by atoms with Gasteiger partial charge < -0.3 is 10.3 Å². The smallest absolute Gasteiger partial charge is 0.224 e. The zero-order valence-corrected chi connectivity index (χ0v) is 15.0. The average Bonchev–Trinajstić information content (AvgIpc) is 3.00. The van der Waals surface area contributed by atoms with E-state index in [2.05, 4.69) is 41.3 Å². The average molecular weight is 335 g/mol. The molecule has 4 nitrogen and oxygen atoms in total. The van der Waals surface area contributed by atoms with E-state index in [1.807, 2.05) is 43.3 Å². The van der Waals surface area contributed by atoms with Crippen molar-refractivity contribution in [3.05, 3.63) is 65.5 Å². The molecule has 1 atom stereocenters. The summed E-state index contributed by atoms with van der Waals surface area (Å²) in [5, 5.41) is 3.02. The zero-order chi connectivity index (χ0) is 17.8. The Hall–Kier alpha value is -2.62. The first-order chi connectivity index (χ1) is 12.0. The van der Waals surface area contributed by atoms with Gasteiger partial charge in [0.15, 0.2) is 0 Å². The van der Waals surface area contributed by atoms with Gasteiger partial charge in [-0.25, -0.2) is 4.98 Å². The maximum absolute atomic E-state index is 12.3. The number of carbonyl (C=O) groups is 1. The van der Waals surface area contributed by atoms with Gasteiger partial charge >= 0.3 is 0 Å². The van der Waals surface area contributed by atoms with Crippen LogP contribution in [0.3, 0.4) is 0 Å². The van der Waals surface area contributed by atoms with Crippen molar-refractivity contribution >= 4 is 16.9 Å². The number of para-hydroxylation sites is 2. The van der Waals surface area contributed by atoms with E-state index in [1.54, 1.807) is 0 Å². The molecule has 2 N–H and O–H groups in total. The number of nitrogens with one attached hydrogen (secondary N) is 2. The molecule has 4 heteroatoms. The predicted octanol–water partition coefficient (Wildman–Crippen LogP) is 4.18. The first-order valence-electron chi connectivity index (χ1n) is 8.83. The molecule has 0 saturated carbocycles. The van der Waals surface area contributed by atoms with Crippen LogP contribution in [0.1, 0.15) is 43.8 Å². The second-order valence-electron chi connectivity index (χ2n) is 7.02. The van der Waals surface area contributed by atoms with Gasteiger partial charge in [-0.05, 0) is 42.5 Å². The number of nitrogens with zero attached hydrogens (tertiary/aromatic N) is 1. The third kappa shape index (κ3) is 4.47. The lowest BCUT2D eigenvalue weighted by molar-refractivity contribution is -0.121. The summed E-state index contributed by atoms with van der Waals surface area (Å²) in [6.07, 6.45) is 1.45. The normalized spacial score (nSPS) is 12.5. The Morgan fingerprint density at radius 2 is 1.72 bits per heavy atom. The maximum atomic E-state index is 12.3. The van der Waals surface area contributed by atoms with Crippen LogP contribution in [0.15, 0.2) is 48.5 Å². The Balaban J connectivity index is 1.59. The van der Waals surface area contributed by atoms with Crippen LogP contribution in [0.5, 0.6) is 0 Å². The van der Waals surface area contributed by atoms with Gasteiger partial charge in [0.1, 0.15) is 5.82 Å². The number of rotatable bonds is 6. The van der Waals surface area contributed by atoms with Crippen molar-refractivity contribution in [2.24, 2.45) is 5.92 Å². The third-order valence-corrected chi connectivity index (χ3v) is 4.23. The van der Waals surface area contributed by atoms with E-state index in [4.69, 9.17) is 0 Å². The molecule has 0 spiro atoms. The van der Waals surface area contributed by atoms with Crippen LogP contribution in [0.4, 0.5) is 0 Å². The van der Waals surface area contributed by atoms with Crippen LogP contribution in [0, 0.1) is 5.92 Å². The number of aromatic amines is 1. The summed E-state index contributed by atoms with van der Waals surface area (Å²) in [5.41, 5.74) is 4.25. The van der Waals surface area contributed by atoms with Crippen molar-refractivity contribution < 1.29 is 4.79 Å². The van der Waals surface area contributed by atoms with Crippen LogP contribution in [-0.2, 0) is 17.6 Å². The van der Waals surface area contributed by atoms with Gasteiger partial charge in [0, 0.05) is 0 Å². The quantitative estimate of drug-likeness (QED) is 0.710. The molecule has 1 heterocycles. The molecule has 3 rings (SSSR count). The Morgan fingerprint density at radius 1 is 1.04 bits per heavy atom. The van der Waals surface area contributed by atoms with Gasteiger partial charge in [0.25, 0.3) is 0 Å². The molecule has 3 aromatic rings. The number of carbonyl (C=O) groups excluding carboxylic acids is 1. The van der Waals surface area contributed by atoms with Crippen molar-refractivity contribution in [3.8, 4) is 0 Å². The lowest BCUT2D eigenvalue weighted by Gasteiger charge is -2.12. The Kier molecular flexibility index (Phi) is 5.17. The Labute approximate surface area is 148 Å². The summed E-state index contributed by atoms with van der Waals surface area (Å²) in [4.78, 5) is 20.1. The number of amides is 1. The van der Waals surface area contributed by atoms with E-state index in [9.17, 15) is 4.79 Å². The molecular formula is C21H25N3O. The summed E-state index contributed by atoms with van der Waals surface area (Å²) < 4.78 is 0. The lowest BCUT2D eigenvalue weighted by Crippen LogP contribution is -2.28. The molecule has 130 valence electrons. The number of hydrogen-bond donors (Lipinski definition) is 2. The predicted molar refractivity (Wildman–Crippen MR) is 101 cm³/mol. The van der Waals surface area contributed by atoms with E-state index in [1.165, 1.54) is 5.56 Å². The molecule has 0 aliphatic carbocycles.